The lowest BCUT2D eigenvalue weighted by Gasteiger charge is -2.25. The van der Waals surface area contributed by atoms with Gasteiger partial charge < -0.3 is 5.32 Å². The molecule has 1 N–H and O–H groups in total. The zero-order chi connectivity index (χ0) is 14.0. The second-order valence-corrected chi connectivity index (χ2v) is 6.98. The molecule has 1 aromatic rings. The monoisotopic (exact) mass is 282 g/mol. The van der Waals surface area contributed by atoms with E-state index >= 15 is 0 Å². The van der Waals surface area contributed by atoms with Crippen LogP contribution in [0.4, 0.5) is 5.69 Å². The topological polar surface area (TPSA) is 49.4 Å². The Morgan fingerprint density at radius 1 is 1.32 bits per heavy atom. The van der Waals surface area contributed by atoms with Gasteiger partial charge in [-0.3, -0.25) is 0 Å². The number of nitrogens with zero attached hydrogens (tertiary/aromatic N) is 1. The van der Waals surface area contributed by atoms with Gasteiger partial charge in [0.1, 0.15) is 0 Å². The minimum absolute atomic E-state index is 0.0661. The molecule has 0 bridgehead atoms. The standard InChI is InChI=1S/C14H22N2O2S/c1-4-12(5-2)16(3)19(17,18)13-6-7-14-11(10-13)8-9-15-14/h6-7,10,12,15H,4-5,8-9H2,1-3H3. The highest BCUT2D eigenvalue weighted by Crippen LogP contribution is 2.27. The van der Waals surface area contributed by atoms with Gasteiger partial charge in [-0.15, -0.1) is 0 Å². The summed E-state index contributed by atoms with van der Waals surface area (Å²) in [6, 6.07) is 5.45. The van der Waals surface area contributed by atoms with Gasteiger partial charge in [0.25, 0.3) is 0 Å². The minimum atomic E-state index is -3.38. The van der Waals surface area contributed by atoms with E-state index in [2.05, 4.69) is 5.32 Å². The molecule has 4 nitrogen and oxygen atoms in total. The van der Waals surface area contributed by atoms with Crippen molar-refractivity contribution in [2.75, 3.05) is 18.9 Å². The predicted molar refractivity (Wildman–Crippen MR) is 78.0 cm³/mol. The first kappa shape index (κ1) is 14.3. The number of hydrogen-bond donors (Lipinski definition) is 1. The van der Waals surface area contributed by atoms with Crippen LogP contribution in [0.2, 0.25) is 0 Å². The van der Waals surface area contributed by atoms with E-state index in [0.717, 1.165) is 37.1 Å². The third-order valence-electron chi connectivity index (χ3n) is 3.92. The molecule has 1 aromatic carbocycles. The molecule has 106 valence electrons. The molecular weight excluding hydrogens is 260 g/mol. The number of sulfonamides is 1. The maximum absolute atomic E-state index is 12.6. The first-order chi connectivity index (χ1) is 9.00. The molecule has 1 aliphatic rings. The van der Waals surface area contributed by atoms with Gasteiger partial charge in [-0.2, -0.15) is 4.31 Å². The lowest BCUT2D eigenvalue weighted by molar-refractivity contribution is 0.349. The quantitative estimate of drug-likeness (QED) is 0.902. The van der Waals surface area contributed by atoms with Crippen molar-refractivity contribution in [3.05, 3.63) is 23.8 Å². The summed E-state index contributed by atoms with van der Waals surface area (Å²) in [6.45, 7) is 4.93. The van der Waals surface area contributed by atoms with Crippen molar-refractivity contribution in [1.82, 2.24) is 4.31 Å². The van der Waals surface area contributed by atoms with Crippen molar-refractivity contribution >= 4 is 15.7 Å². The smallest absolute Gasteiger partial charge is 0.243 e. The van der Waals surface area contributed by atoms with Crippen LogP contribution in [0.5, 0.6) is 0 Å². The number of benzene rings is 1. The van der Waals surface area contributed by atoms with Crippen molar-refractivity contribution in [2.45, 2.75) is 44.0 Å². The van der Waals surface area contributed by atoms with Gasteiger partial charge in [0.15, 0.2) is 0 Å². The van der Waals surface area contributed by atoms with Gasteiger partial charge in [0.05, 0.1) is 4.90 Å². The second-order valence-electron chi connectivity index (χ2n) is 4.99. The Balaban J connectivity index is 2.34. The highest BCUT2D eigenvalue weighted by atomic mass is 32.2. The van der Waals surface area contributed by atoms with E-state index in [1.807, 2.05) is 26.0 Å². The summed E-state index contributed by atoms with van der Waals surface area (Å²) < 4.78 is 26.7. The Morgan fingerprint density at radius 2 is 2.00 bits per heavy atom. The third kappa shape index (κ3) is 2.62. The van der Waals surface area contributed by atoms with E-state index < -0.39 is 10.0 Å². The fraction of sp³-hybridized carbons (Fsp3) is 0.571. The molecule has 1 aliphatic heterocycles. The Labute approximate surface area is 115 Å². The number of hydrogen-bond acceptors (Lipinski definition) is 3. The van der Waals surface area contributed by atoms with E-state index in [1.165, 1.54) is 4.31 Å². The first-order valence-corrected chi connectivity index (χ1v) is 8.29. The van der Waals surface area contributed by atoms with E-state index in [1.54, 1.807) is 13.1 Å². The van der Waals surface area contributed by atoms with Crippen molar-refractivity contribution in [3.63, 3.8) is 0 Å². The van der Waals surface area contributed by atoms with Gasteiger partial charge in [0, 0.05) is 25.3 Å². The van der Waals surface area contributed by atoms with Crippen molar-refractivity contribution in [2.24, 2.45) is 0 Å². The van der Waals surface area contributed by atoms with Crippen molar-refractivity contribution < 1.29 is 8.42 Å². The van der Waals surface area contributed by atoms with Crippen LogP contribution in [0, 0.1) is 0 Å². The van der Waals surface area contributed by atoms with Crippen molar-refractivity contribution in [1.29, 1.82) is 0 Å². The highest BCUT2D eigenvalue weighted by molar-refractivity contribution is 7.89. The minimum Gasteiger partial charge on any atom is -0.384 e. The van der Waals surface area contributed by atoms with Gasteiger partial charge in [-0.25, -0.2) is 8.42 Å². The zero-order valence-electron chi connectivity index (χ0n) is 11.8. The van der Waals surface area contributed by atoms with E-state index in [9.17, 15) is 8.42 Å². The summed E-state index contributed by atoms with van der Waals surface area (Å²) in [6.07, 6.45) is 2.56. The number of rotatable bonds is 5. The molecule has 0 amide bonds. The number of nitrogens with one attached hydrogen (secondary N) is 1. The van der Waals surface area contributed by atoms with Gasteiger partial charge >= 0.3 is 0 Å². The maximum atomic E-state index is 12.6. The van der Waals surface area contributed by atoms with Crippen LogP contribution in [0.15, 0.2) is 23.1 Å². The third-order valence-corrected chi connectivity index (χ3v) is 5.83. The molecule has 0 atom stereocenters. The van der Waals surface area contributed by atoms with Crippen LogP contribution in [-0.2, 0) is 16.4 Å². The van der Waals surface area contributed by atoms with E-state index in [4.69, 9.17) is 0 Å². The Bertz CT molecular complexity index is 551. The van der Waals surface area contributed by atoms with Crippen LogP contribution in [0.25, 0.3) is 0 Å². The molecule has 2 rings (SSSR count). The molecular formula is C14H22N2O2S. The molecule has 0 aromatic heterocycles. The molecule has 5 heteroatoms. The molecule has 0 radical (unpaired) electrons. The summed E-state index contributed by atoms with van der Waals surface area (Å²) in [4.78, 5) is 0.407. The van der Waals surface area contributed by atoms with Crippen LogP contribution in [-0.4, -0.2) is 32.4 Å². The summed E-state index contributed by atoms with van der Waals surface area (Å²) in [5, 5.41) is 3.24. The summed E-state index contributed by atoms with van der Waals surface area (Å²) >= 11 is 0. The van der Waals surface area contributed by atoms with Gasteiger partial charge in [-0.1, -0.05) is 13.8 Å². The Morgan fingerprint density at radius 3 is 2.63 bits per heavy atom. The van der Waals surface area contributed by atoms with Crippen LogP contribution in [0.3, 0.4) is 0 Å². The van der Waals surface area contributed by atoms with Crippen molar-refractivity contribution in [3.8, 4) is 0 Å². The fourth-order valence-corrected chi connectivity index (χ4v) is 4.16. The van der Waals surface area contributed by atoms with E-state index in [0.29, 0.717) is 4.90 Å². The molecule has 0 spiro atoms. The van der Waals surface area contributed by atoms with Crippen LogP contribution in [0.1, 0.15) is 32.3 Å². The number of anilines is 1. The normalized spacial score (nSPS) is 14.8. The largest absolute Gasteiger partial charge is 0.384 e. The maximum Gasteiger partial charge on any atom is 0.243 e. The average Bonchev–Trinajstić information content (AvgIpc) is 2.87. The first-order valence-electron chi connectivity index (χ1n) is 6.85. The SMILES string of the molecule is CCC(CC)N(C)S(=O)(=O)c1ccc2c(c1)CCN2. The zero-order valence-corrected chi connectivity index (χ0v) is 12.6. The lowest BCUT2D eigenvalue weighted by atomic mass is 10.2. The fourth-order valence-electron chi connectivity index (χ4n) is 2.61. The molecule has 0 fully saturated rings. The van der Waals surface area contributed by atoms with Gasteiger partial charge in [0.2, 0.25) is 10.0 Å². The lowest BCUT2D eigenvalue weighted by Crippen LogP contribution is -2.36. The van der Waals surface area contributed by atoms with Gasteiger partial charge in [-0.05, 0) is 43.0 Å². The molecule has 0 saturated heterocycles. The Hall–Kier alpha value is -1.07. The Kier molecular flexibility index (Phi) is 4.16. The molecule has 0 saturated carbocycles. The molecule has 1 heterocycles. The second kappa shape index (κ2) is 5.51. The summed E-state index contributed by atoms with van der Waals surface area (Å²) in [5.41, 5.74) is 2.16. The molecule has 0 aliphatic carbocycles. The predicted octanol–water partition coefficient (Wildman–Crippen LogP) is 2.46. The number of fused-ring (bicyclic) bond motifs is 1. The molecule has 0 unspecified atom stereocenters. The van der Waals surface area contributed by atoms with Crippen LogP contribution < -0.4 is 5.32 Å². The summed E-state index contributed by atoms with van der Waals surface area (Å²) in [5.74, 6) is 0. The average molecular weight is 282 g/mol. The van der Waals surface area contributed by atoms with Crippen LogP contribution >= 0.6 is 0 Å². The summed E-state index contributed by atoms with van der Waals surface area (Å²) in [7, 11) is -1.70. The molecule has 19 heavy (non-hydrogen) atoms. The van der Waals surface area contributed by atoms with E-state index in [-0.39, 0.29) is 6.04 Å². The highest BCUT2D eigenvalue weighted by Gasteiger charge is 2.27.